The monoisotopic (exact) mass is 277 g/mol. The Kier molecular flexibility index (Phi) is 2.79. The summed E-state index contributed by atoms with van der Waals surface area (Å²) in [5.74, 6) is -1.02. The van der Waals surface area contributed by atoms with Crippen LogP contribution in [0.3, 0.4) is 0 Å². The Labute approximate surface area is 110 Å². The van der Waals surface area contributed by atoms with E-state index in [1.54, 1.807) is 0 Å². The molecule has 8 heteroatoms. The molecular weight excluding hydrogens is 268 g/mol. The number of benzene rings is 1. The fraction of sp³-hybridized carbons (Fsp3) is 0.0833. The first-order valence-corrected chi connectivity index (χ1v) is 5.72. The zero-order chi connectivity index (χ0) is 14.3. The number of aromatic amines is 1. The molecule has 0 radical (unpaired) electrons. The van der Waals surface area contributed by atoms with E-state index in [0.29, 0.717) is 5.82 Å². The number of nitrogens with two attached hydrogens (primary N) is 1. The number of fused-ring (bicyclic) bond motifs is 1. The van der Waals surface area contributed by atoms with E-state index in [1.807, 2.05) is 0 Å². The number of aromatic nitrogens is 4. The standard InChI is InChI=1S/C12H9F2N5O/c13-6-1-2-7(8(14)3-6)9-4-11(20)19-10(5-15)17-18-12(19)16-9/h1-4H,5,15H2,(H,16,18). The maximum Gasteiger partial charge on any atom is 0.261 e. The molecule has 0 bridgehead atoms. The van der Waals surface area contributed by atoms with Gasteiger partial charge in [0.05, 0.1) is 12.2 Å². The van der Waals surface area contributed by atoms with Gasteiger partial charge in [-0.05, 0) is 12.1 Å². The van der Waals surface area contributed by atoms with Crippen LogP contribution < -0.4 is 11.3 Å². The Morgan fingerprint density at radius 1 is 1.30 bits per heavy atom. The normalized spacial score (nSPS) is 11.2. The summed E-state index contributed by atoms with van der Waals surface area (Å²) in [5.41, 5.74) is 5.14. The Morgan fingerprint density at radius 2 is 2.10 bits per heavy atom. The van der Waals surface area contributed by atoms with Gasteiger partial charge in [-0.15, -0.1) is 0 Å². The zero-order valence-corrected chi connectivity index (χ0v) is 10.1. The van der Waals surface area contributed by atoms with Gasteiger partial charge in [0.15, 0.2) is 5.82 Å². The average molecular weight is 277 g/mol. The highest BCUT2D eigenvalue weighted by atomic mass is 19.1. The highest BCUT2D eigenvalue weighted by molar-refractivity contribution is 5.61. The van der Waals surface area contributed by atoms with Crippen LogP contribution in [0.1, 0.15) is 5.82 Å². The van der Waals surface area contributed by atoms with E-state index in [1.165, 1.54) is 10.5 Å². The lowest BCUT2D eigenvalue weighted by Gasteiger charge is -2.03. The number of hydrogen-bond acceptors (Lipinski definition) is 4. The van der Waals surface area contributed by atoms with E-state index in [2.05, 4.69) is 15.2 Å². The predicted molar refractivity (Wildman–Crippen MR) is 66.9 cm³/mol. The molecule has 0 fully saturated rings. The van der Waals surface area contributed by atoms with Crippen molar-refractivity contribution < 1.29 is 8.78 Å². The number of H-pyrrole nitrogens is 1. The third-order valence-electron chi connectivity index (χ3n) is 2.85. The number of hydrogen-bond donors (Lipinski definition) is 2. The average Bonchev–Trinajstić information content (AvgIpc) is 2.82. The second-order valence-corrected chi connectivity index (χ2v) is 4.11. The topological polar surface area (TPSA) is 89.1 Å². The summed E-state index contributed by atoms with van der Waals surface area (Å²) in [6.45, 7) is 0.0614. The summed E-state index contributed by atoms with van der Waals surface area (Å²) in [5, 5.41) is 6.39. The van der Waals surface area contributed by atoms with Crippen molar-refractivity contribution >= 4 is 5.78 Å². The van der Waals surface area contributed by atoms with E-state index >= 15 is 0 Å². The molecule has 0 spiro atoms. The minimum Gasteiger partial charge on any atom is -0.324 e. The smallest absolute Gasteiger partial charge is 0.261 e. The first-order chi connectivity index (χ1) is 9.60. The summed E-state index contributed by atoms with van der Waals surface area (Å²) >= 11 is 0. The van der Waals surface area contributed by atoms with Gasteiger partial charge >= 0.3 is 0 Å². The molecule has 0 amide bonds. The van der Waals surface area contributed by atoms with Gasteiger partial charge in [0.2, 0.25) is 5.78 Å². The van der Waals surface area contributed by atoms with Crippen molar-refractivity contribution in [3.05, 3.63) is 52.1 Å². The molecule has 3 rings (SSSR count). The van der Waals surface area contributed by atoms with Crippen LogP contribution in [-0.2, 0) is 6.54 Å². The number of nitrogens with one attached hydrogen (secondary N) is 1. The van der Waals surface area contributed by atoms with Gasteiger partial charge in [-0.3, -0.25) is 4.79 Å². The second kappa shape index (κ2) is 4.49. The van der Waals surface area contributed by atoms with E-state index in [0.717, 1.165) is 18.2 Å². The second-order valence-electron chi connectivity index (χ2n) is 4.11. The van der Waals surface area contributed by atoms with Crippen molar-refractivity contribution in [1.82, 2.24) is 19.6 Å². The van der Waals surface area contributed by atoms with Crippen LogP contribution in [0.5, 0.6) is 0 Å². The number of halogens is 2. The first kappa shape index (κ1) is 12.4. The summed E-state index contributed by atoms with van der Waals surface area (Å²) in [7, 11) is 0. The molecule has 3 aromatic rings. The van der Waals surface area contributed by atoms with Crippen LogP contribution in [-0.4, -0.2) is 19.6 Å². The van der Waals surface area contributed by atoms with E-state index in [4.69, 9.17) is 5.73 Å². The fourth-order valence-corrected chi connectivity index (χ4v) is 1.94. The Balaban J connectivity index is 2.25. The van der Waals surface area contributed by atoms with Crippen LogP contribution in [0.2, 0.25) is 0 Å². The molecule has 0 aliphatic carbocycles. The molecule has 0 saturated heterocycles. The van der Waals surface area contributed by atoms with Gasteiger partial charge in [-0.2, -0.15) is 5.10 Å². The summed E-state index contributed by atoms with van der Waals surface area (Å²) in [6.07, 6.45) is 0. The van der Waals surface area contributed by atoms with Gasteiger partial charge in [-0.25, -0.2) is 23.3 Å². The molecule has 0 aliphatic rings. The van der Waals surface area contributed by atoms with Gasteiger partial charge in [-0.1, -0.05) is 0 Å². The number of rotatable bonds is 2. The Hall–Kier alpha value is -2.61. The SMILES string of the molecule is NCc1n[nH]c2nc(-c3ccc(F)cc3F)cc(=O)n12. The minimum atomic E-state index is -0.792. The maximum absolute atomic E-state index is 13.7. The molecule has 2 aromatic heterocycles. The van der Waals surface area contributed by atoms with Gasteiger partial charge in [0, 0.05) is 17.7 Å². The molecule has 3 N–H and O–H groups in total. The highest BCUT2D eigenvalue weighted by Crippen LogP contribution is 2.20. The van der Waals surface area contributed by atoms with Crippen LogP contribution >= 0.6 is 0 Å². The summed E-state index contributed by atoms with van der Waals surface area (Å²) < 4.78 is 27.8. The van der Waals surface area contributed by atoms with E-state index in [9.17, 15) is 13.6 Å². The summed E-state index contributed by atoms with van der Waals surface area (Å²) in [6, 6.07) is 4.21. The zero-order valence-electron chi connectivity index (χ0n) is 10.1. The van der Waals surface area contributed by atoms with E-state index in [-0.39, 0.29) is 23.6 Å². The molecule has 0 atom stereocenters. The lowest BCUT2D eigenvalue weighted by atomic mass is 10.1. The van der Waals surface area contributed by atoms with Gasteiger partial charge < -0.3 is 5.73 Å². The lowest BCUT2D eigenvalue weighted by Crippen LogP contribution is -2.17. The largest absolute Gasteiger partial charge is 0.324 e. The highest BCUT2D eigenvalue weighted by Gasteiger charge is 2.13. The minimum absolute atomic E-state index is 0.0369. The molecule has 6 nitrogen and oxygen atoms in total. The molecule has 0 saturated carbocycles. The van der Waals surface area contributed by atoms with E-state index < -0.39 is 17.2 Å². The molecule has 20 heavy (non-hydrogen) atoms. The molecule has 1 aromatic carbocycles. The molecular formula is C12H9F2N5O. The van der Waals surface area contributed by atoms with Gasteiger partial charge in [0.25, 0.3) is 5.56 Å². The van der Waals surface area contributed by atoms with Crippen molar-refractivity contribution in [3.63, 3.8) is 0 Å². The maximum atomic E-state index is 13.7. The fourth-order valence-electron chi connectivity index (χ4n) is 1.94. The van der Waals surface area contributed by atoms with Crippen molar-refractivity contribution in [1.29, 1.82) is 0 Å². The Bertz CT molecular complexity index is 855. The van der Waals surface area contributed by atoms with Crippen molar-refractivity contribution in [3.8, 4) is 11.3 Å². The quantitative estimate of drug-likeness (QED) is 0.725. The molecule has 0 aliphatic heterocycles. The van der Waals surface area contributed by atoms with Crippen LogP contribution in [0, 0.1) is 11.6 Å². The van der Waals surface area contributed by atoms with Crippen molar-refractivity contribution in [2.45, 2.75) is 6.54 Å². The lowest BCUT2D eigenvalue weighted by molar-refractivity contribution is 0.585. The van der Waals surface area contributed by atoms with Crippen molar-refractivity contribution in [2.75, 3.05) is 0 Å². The van der Waals surface area contributed by atoms with Crippen LogP contribution in [0.15, 0.2) is 29.1 Å². The molecule has 2 heterocycles. The number of nitrogens with zero attached hydrogens (tertiary/aromatic N) is 3. The molecule has 102 valence electrons. The van der Waals surface area contributed by atoms with Crippen LogP contribution in [0.25, 0.3) is 17.0 Å². The summed E-state index contributed by atoms with van der Waals surface area (Å²) in [4.78, 5) is 16.1. The molecule has 0 unspecified atom stereocenters. The van der Waals surface area contributed by atoms with Gasteiger partial charge in [0.1, 0.15) is 11.6 Å². The van der Waals surface area contributed by atoms with Crippen molar-refractivity contribution in [2.24, 2.45) is 5.73 Å². The Morgan fingerprint density at radius 3 is 2.80 bits per heavy atom. The predicted octanol–water partition coefficient (Wildman–Crippen LogP) is 0.821. The first-order valence-electron chi connectivity index (χ1n) is 5.72. The third-order valence-corrected chi connectivity index (χ3v) is 2.85. The third kappa shape index (κ3) is 1.86. The van der Waals surface area contributed by atoms with Crippen LogP contribution in [0.4, 0.5) is 8.78 Å².